The van der Waals surface area contributed by atoms with Crippen molar-refractivity contribution in [2.45, 2.75) is 145 Å². The molecule has 2 saturated heterocycles. The summed E-state index contributed by atoms with van der Waals surface area (Å²) in [6.07, 6.45) is 0.758. The fraction of sp³-hybridized carbons (Fsp3) is 0.569. The van der Waals surface area contributed by atoms with Gasteiger partial charge in [-0.2, -0.15) is 0 Å². The lowest BCUT2D eigenvalue weighted by atomic mass is 9.89. The van der Waals surface area contributed by atoms with E-state index in [0.717, 1.165) is 43.4 Å². The van der Waals surface area contributed by atoms with Gasteiger partial charge in [-0.3, -0.25) is 14.4 Å². The summed E-state index contributed by atoms with van der Waals surface area (Å²) in [4.78, 5) is 82.7. The Balaban J connectivity index is 0.000000314. The third-order valence-electron chi connectivity index (χ3n) is 12.2. The van der Waals surface area contributed by atoms with Crippen molar-refractivity contribution in [2.75, 3.05) is 33.3 Å². The van der Waals surface area contributed by atoms with E-state index in [-0.39, 0.29) is 66.0 Å². The second-order valence-electron chi connectivity index (χ2n) is 20.0. The highest BCUT2D eigenvalue weighted by Crippen LogP contribution is 2.38. The van der Waals surface area contributed by atoms with E-state index in [1.807, 2.05) is 95.2 Å². The van der Waals surface area contributed by atoms with E-state index >= 15 is 0 Å². The summed E-state index contributed by atoms with van der Waals surface area (Å²) in [5.74, 6) is -0.597. The summed E-state index contributed by atoms with van der Waals surface area (Å²) in [6.45, 7) is 24.8. The number of piperidine rings is 2. The van der Waals surface area contributed by atoms with Crippen LogP contribution >= 0.6 is 35.1 Å². The summed E-state index contributed by atoms with van der Waals surface area (Å²) in [5, 5.41) is 28.1. The number of ether oxygens (including phenoxy) is 3. The van der Waals surface area contributed by atoms with Crippen LogP contribution in [-0.2, 0) is 27.3 Å². The summed E-state index contributed by atoms with van der Waals surface area (Å²) in [6, 6.07) is 3.80. The van der Waals surface area contributed by atoms with E-state index in [4.69, 9.17) is 19.9 Å². The minimum atomic E-state index is -0.700. The number of methoxy groups -OCH3 is 1. The number of hydrogen-bond acceptors (Lipinski definition) is 14. The minimum Gasteiger partial charge on any atom is -0.465 e. The summed E-state index contributed by atoms with van der Waals surface area (Å²) < 4.78 is 15.6. The van der Waals surface area contributed by atoms with Gasteiger partial charge in [0.05, 0.1) is 30.4 Å². The molecule has 0 saturated carbocycles. The van der Waals surface area contributed by atoms with Gasteiger partial charge in [-0.15, -0.1) is 35.1 Å². The predicted octanol–water partition coefficient (Wildman–Crippen LogP) is 8.37. The number of aromatic nitrogens is 2. The fourth-order valence-corrected chi connectivity index (χ4v) is 10.6. The van der Waals surface area contributed by atoms with E-state index < -0.39 is 23.4 Å². The van der Waals surface area contributed by atoms with Gasteiger partial charge in [-0.05, 0) is 155 Å². The average molecular weight is 1050 g/mol. The Morgan fingerprint density at radius 2 is 1.08 bits per heavy atom. The van der Waals surface area contributed by atoms with Crippen molar-refractivity contribution in [3.8, 4) is 0 Å². The number of H-pyrrole nitrogens is 2. The number of thiophene rings is 2. The lowest BCUT2D eigenvalue weighted by Gasteiger charge is -2.35. The first-order chi connectivity index (χ1) is 32.7. The molecule has 0 radical (unpaired) electrons. The molecule has 0 spiro atoms. The van der Waals surface area contributed by atoms with Crippen LogP contribution in [0.3, 0.4) is 0 Å². The monoisotopic (exact) mass is 1050 g/mol. The van der Waals surface area contributed by atoms with Gasteiger partial charge < -0.3 is 55.2 Å². The van der Waals surface area contributed by atoms with E-state index in [0.29, 0.717) is 80.7 Å². The molecule has 2 aliphatic heterocycles. The molecular formula is C51H75ClN6O11S2. The first-order valence-corrected chi connectivity index (χ1v) is 25.3. The van der Waals surface area contributed by atoms with Crippen molar-refractivity contribution in [3.63, 3.8) is 0 Å². The molecule has 71 heavy (non-hydrogen) atoms. The molecule has 17 nitrogen and oxygen atoms in total. The Labute approximate surface area is 431 Å². The number of pyridine rings is 2. The smallest absolute Gasteiger partial charge is 0.410 e. The molecule has 3 amide bonds. The largest absolute Gasteiger partial charge is 0.465 e. The number of aliphatic hydroxyl groups excluding tert-OH is 2. The summed E-state index contributed by atoms with van der Waals surface area (Å²) in [7, 11) is 1.35. The molecule has 2 aliphatic rings. The van der Waals surface area contributed by atoms with Crippen LogP contribution in [0.4, 0.5) is 9.59 Å². The molecule has 4 aromatic heterocycles. The lowest BCUT2D eigenvalue weighted by molar-refractivity contribution is 0.00742. The number of nitrogens with zero attached hydrogens (tertiary/aromatic N) is 2. The molecule has 6 heterocycles. The van der Waals surface area contributed by atoms with Gasteiger partial charge >= 0.3 is 18.2 Å². The molecule has 2 fully saturated rings. The molecular weight excluding hydrogens is 972 g/mol. The number of aryl methyl sites for hydroxylation is 4. The number of rotatable bonds is 9. The average Bonchev–Trinajstić information content (AvgIpc) is 3.86. The van der Waals surface area contributed by atoms with Crippen LogP contribution in [0.1, 0.15) is 155 Å². The number of likely N-dealkylation sites (tertiary alicyclic amines) is 2. The van der Waals surface area contributed by atoms with E-state index in [1.165, 1.54) is 29.8 Å². The van der Waals surface area contributed by atoms with Crippen LogP contribution in [0, 0.1) is 53.4 Å². The standard InChI is InChI=1S/C25H35N3O5S.C18H27NO5S.C8H12N2O.ClH/c1-14-11-15(2)27-23(31)18(14)12-26-22(30)19-13-34-21(16(19)3)20(29)17-7-9-28(10-8-17)24(32)33-25(4,5)6;1-11-13(16(21)23-5)10-25-15(11)14(20)12-6-8-19(9-7-12)17(22)24-18(2,3)4;1-5-3-6(2)10-8(11)7(5)4-9;/h11,13,17,20,29H,7-10,12H2,1-6H3,(H,26,30)(H,27,31);10,12,14,20H,6-9H2,1-5H3;3H,4,9H2,1-2H3,(H,10,11);1H. The number of halogens is 1. The Bertz CT molecular complexity index is 2580. The quantitative estimate of drug-likeness (QED) is 0.0684. The number of amides is 3. The molecule has 4 aromatic rings. The topological polar surface area (TPSA) is 247 Å². The SMILES string of the molecule is COC(=O)c1csc(C(O)C2CCN(C(=O)OC(C)(C)C)CC2)c1C.Cc1cc(C)c(CN)c(=O)[nH]1.Cc1cc(C)c(CNC(=O)c2csc(C(O)C3CCN(C(=O)OC(C)(C)C)CC3)c2C)c(=O)[nH]1.Cl. The highest BCUT2D eigenvalue weighted by atomic mass is 35.5. The number of carbonyl (C=O) groups excluding carboxylic acids is 4. The number of carbonyl (C=O) groups is 4. The van der Waals surface area contributed by atoms with Gasteiger partial charge in [0.2, 0.25) is 0 Å². The van der Waals surface area contributed by atoms with Crippen LogP contribution in [0.5, 0.6) is 0 Å². The molecule has 0 bridgehead atoms. The Morgan fingerprint density at radius 3 is 1.45 bits per heavy atom. The summed E-state index contributed by atoms with van der Waals surface area (Å²) in [5.41, 5.74) is 11.3. The van der Waals surface area contributed by atoms with Crippen molar-refractivity contribution in [3.05, 3.63) is 109 Å². The predicted molar refractivity (Wildman–Crippen MR) is 280 cm³/mol. The Morgan fingerprint density at radius 1 is 0.704 bits per heavy atom. The molecule has 0 aliphatic carbocycles. The van der Waals surface area contributed by atoms with Crippen molar-refractivity contribution < 1.29 is 43.6 Å². The number of aromatic amines is 2. The van der Waals surface area contributed by atoms with Gasteiger partial charge in [-0.25, -0.2) is 14.4 Å². The molecule has 2 unspecified atom stereocenters. The maximum atomic E-state index is 12.8. The Hall–Kier alpha value is -5.05. The van der Waals surface area contributed by atoms with Crippen LogP contribution < -0.4 is 22.2 Å². The number of nitrogens with two attached hydrogens (primary N) is 1. The number of hydrogen-bond donors (Lipinski definition) is 6. The van der Waals surface area contributed by atoms with Crippen LogP contribution in [0.15, 0.2) is 32.5 Å². The van der Waals surface area contributed by atoms with Crippen molar-refractivity contribution in [2.24, 2.45) is 17.6 Å². The first kappa shape index (κ1) is 60.3. The van der Waals surface area contributed by atoms with Gasteiger partial charge in [0.1, 0.15) is 11.2 Å². The fourth-order valence-electron chi connectivity index (χ4n) is 8.36. The lowest BCUT2D eigenvalue weighted by Crippen LogP contribution is -2.42. The third-order valence-corrected chi connectivity index (χ3v) is 14.5. The van der Waals surface area contributed by atoms with Gasteiger partial charge in [0, 0.05) is 82.3 Å². The van der Waals surface area contributed by atoms with E-state index in [1.54, 1.807) is 20.6 Å². The second-order valence-corrected chi connectivity index (χ2v) is 21.9. The van der Waals surface area contributed by atoms with E-state index in [2.05, 4.69) is 15.3 Å². The minimum absolute atomic E-state index is 0. The molecule has 394 valence electrons. The van der Waals surface area contributed by atoms with Crippen molar-refractivity contribution in [1.29, 1.82) is 0 Å². The highest BCUT2D eigenvalue weighted by Gasteiger charge is 2.34. The molecule has 6 rings (SSSR count). The van der Waals surface area contributed by atoms with Crippen molar-refractivity contribution >= 4 is 59.1 Å². The zero-order valence-corrected chi connectivity index (χ0v) is 45.9. The van der Waals surface area contributed by atoms with Crippen molar-refractivity contribution in [1.82, 2.24) is 25.1 Å². The normalized spacial score (nSPS) is 15.2. The van der Waals surface area contributed by atoms with Crippen LogP contribution in [0.2, 0.25) is 0 Å². The molecule has 2 atom stereocenters. The highest BCUT2D eigenvalue weighted by molar-refractivity contribution is 7.10. The summed E-state index contributed by atoms with van der Waals surface area (Å²) >= 11 is 2.75. The second kappa shape index (κ2) is 26.1. The number of aliphatic hydroxyl groups is 2. The third kappa shape index (κ3) is 16.8. The molecule has 20 heteroatoms. The van der Waals surface area contributed by atoms with E-state index in [9.17, 15) is 39.0 Å². The molecule has 7 N–H and O–H groups in total. The maximum absolute atomic E-state index is 12.8. The maximum Gasteiger partial charge on any atom is 0.410 e. The first-order valence-electron chi connectivity index (χ1n) is 23.6. The van der Waals surface area contributed by atoms with Gasteiger partial charge in [0.25, 0.3) is 17.0 Å². The number of esters is 1. The van der Waals surface area contributed by atoms with Gasteiger partial charge in [-0.1, -0.05) is 0 Å². The van der Waals surface area contributed by atoms with Gasteiger partial charge in [0.15, 0.2) is 0 Å². The molecule has 0 aromatic carbocycles. The number of nitrogens with one attached hydrogen (secondary N) is 3. The van der Waals surface area contributed by atoms with Crippen LogP contribution in [0.25, 0.3) is 0 Å². The zero-order chi connectivity index (χ0) is 52.4. The van der Waals surface area contributed by atoms with Crippen LogP contribution in [-0.4, -0.2) is 98.5 Å². The zero-order valence-electron chi connectivity index (χ0n) is 43.5. The Kier molecular flexibility index (Phi) is 22.1.